The van der Waals surface area contributed by atoms with E-state index in [-0.39, 0.29) is 6.23 Å². The zero-order valence-electron chi connectivity index (χ0n) is 8.25. The minimum Gasteiger partial charge on any atom is -0.360 e. The highest BCUT2D eigenvalue weighted by atomic mass is 16.5. The van der Waals surface area contributed by atoms with Crippen molar-refractivity contribution < 1.29 is 4.74 Å². The summed E-state index contributed by atoms with van der Waals surface area (Å²) in [6.45, 7) is 4.21. The third kappa shape index (κ3) is 3.11. The number of nitrogens with two attached hydrogens (primary N) is 1. The first-order chi connectivity index (χ1) is 5.70. The van der Waals surface area contributed by atoms with Crippen LogP contribution in [0, 0.1) is 5.92 Å². The van der Waals surface area contributed by atoms with E-state index < -0.39 is 0 Å². The summed E-state index contributed by atoms with van der Waals surface area (Å²) in [6, 6.07) is 0. The molecule has 0 saturated heterocycles. The van der Waals surface area contributed by atoms with E-state index in [4.69, 9.17) is 10.5 Å². The van der Waals surface area contributed by atoms with E-state index >= 15 is 0 Å². The van der Waals surface area contributed by atoms with Crippen molar-refractivity contribution in [1.82, 2.24) is 0 Å². The molecule has 1 atom stereocenters. The summed E-state index contributed by atoms with van der Waals surface area (Å²) in [5.74, 6) is 0.437. The molecule has 0 bridgehead atoms. The summed E-state index contributed by atoms with van der Waals surface area (Å²) in [7, 11) is 0. The Bertz CT molecular complexity index is 119. The Hall–Kier alpha value is -0.0800. The number of ether oxygens (including phenoxy) is 1. The van der Waals surface area contributed by atoms with E-state index in [1.54, 1.807) is 0 Å². The van der Waals surface area contributed by atoms with Crippen molar-refractivity contribution in [3.63, 3.8) is 0 Å². The Kier molecular flexibility index (Phi) is 4.02. The van der Waals surface area contributed by atoms with Crippen LogP contribution in [0.1, 0.15) is 46.0 Å². The van der Waals surface area contributed by atoms with Gasteiger partial charge in [0, 0.05) is 0 Å². The molecular weight excluding hydrogens is 150 g/mol. The van der Waals surface area contributed by atoms with Gasteiger partial charge >= 0.3 is 0 Å². The molecule has 2 nitrogen and oxygen atoms in total. The van der Waals surface area contributed by atoms with Gasteiger partial charge < -0.3 is 10.5 Å². The fraction of sp³-hybridized carbons (Fsp3) is 1.00. The number of hydrogen-bond donors (Lipinski definition) is 1. The van der Waals surface area contributed by atoms with Crippen LogP contribution in [0.4, 0.5) is 0 Å². The zero-order valence-corrected chi connectivity index (χ0v) is 8.25. The van der Waals surface area contributed by atoms with Crippen molar-refractivity contribution in [3.8, 4) is 0 Å². The van der Waals surface area contributed by atoms with Gasteiger partial charge in [-0.15, -0.1) is 0 Å². The fourth-order valence-corrected chi connectivity index (χ4v) is 1.58. The van der Waals surface area contributed by atoms with Crippen molar-refractivity contribution >= 4 is 0 Å². The standard InChI is InChI=1S/C10H21NO/c1-8(2)10(11)12-9-6-4-3-5-7-9/h8-10H,3-7,11H2,1-2H3. The maximum absolute atomic E-state index is 5.83. The van der Waals surface area contributed by atoms with Gasteiger partial charge in [-0.25, -0.2) is 0 Å². The van der Waals surface area contributed by atoms with Gasteiger partial charge in [-0.3, -0.25) is 0 Å². The normalized spacial score (nSPS) is 23.0. The number of rotatable bonds is 3. The first-order valence-electron chi connectivity index (χ1n) is 5.11. The zero-order chi connectivity index (χ0) is 8.97. The molecule has 0 aromatic rings. The third-order valence-electron chi connectivity index (χ3n) is 2.56. The molecule has 0 aromatic heterocycles. The van der Waals surface area contributed by atoms with Crippen molar-refractivity contribution in [2.24, 2.45) is 11.7 Å². The van der Waals surface area contributed by atoms with E-state index in [2.05, 4.69) is 13.8 Å². The van der Waals surface area contributed by atoms with E-state index in [1.807, 2.05) is 0 Å². The van der Waals surface area contributed by atoms with Crippen LogP contribution in [-0.2, 0) is 4.74 Å². The van der Waals surface area contributed by atoms with Gasteiger partial charge in [-0.2, -0.15) is 0 Å². The predicted octanol–water partition coefficient (Wildman–Crippen LogP) is 2.28. The molecule has 1 fully saturated rings. The molecule has 1 aliphatic carbocycles. The maximum atomic E-state index is 5.83. The van der Waals surface area contributed by atoms with Crippen LogP contribution in [0.3, 0.4) is 0 Å². The minimum absolute atomic E-state index is 0.0619. The van der Waals surface area contributed by atoms with Crippen LogP contribution in [0.25, 0.3) is 0 Å². The molecule has 1 saturated carbocycles. The molecule has 12 heavy (non-hydrogen) atoms. The molecule has 2 heteroatoms. The molecule has 0 spiro atoms. The lowest BCUT2D eigenvalue weighted by molar-refractivity contribution is -0.0473. The quantitative estimate of drug-likeness (QED) is 0.661. The molecule has 1 aliphatic rings. The third-order valence-corrected chi connectivity index (χ3v) is 2.56. The molecule has 0 amide bonds. The van der Waals surface area contributed by atoms with Gasteiger partial charge in [0.25, 0.3) is 0 Å². The Morgan fingerprint density at radius 1 is 1.17 bits per heavy atom. The van der Waals surface area contributed by atoms with Gasteiger partial charge in [0.15, 0.2) is 0 Å². The first-order valence-corrected chi connectivity index (χ1v) is 5.11. The predicted molar refractivity (Wildman–Crippen MR) is 50.8 cm³/mol. The van der Waals surface area contributed by atoms with E-state index in [9.17, 15) is 0 Å². The smallest absolute Gasteiger partial charge is 0.108 e. The highest BCUT2D eigenvalue weighted by Gasteiger charge is 2.18. The second kappa shape index (κ2) is 4.83. The lowest BCUT2D eigenvalue weighted by atomic mass is 9.97. The average molecular weight is 171 g/mol. The Balaban J connectivity index is 2.20. The average Bonchev–Trinajstić information content (AvgIpc) is 2.06. The summed E-state index contributed by atoms with van der Waals surface area (Å²) >= 11 is 0. The summed E-state index contributed by atoms with van der Waals surface area (Å²) in [5.41, 5.74) is 5.83. The fourth-order valence-electron chi connectivity index (χ4n) is 1.58. The van der Waals surface area contributed by atoms with Gasteiger partial charge in [-0.05, 0) is 18.8 Å². The van der Waals surface area contributed by atoms with E-state index in [0.717, 1.165) is 0 Å². The number of hydrogen-bond acceptors (Lipinski definition) is 2. The van der Waals surface area contributed by atoms with Crippen LogP contribution in [0.15, 0.2) is 0 Å². The molecule has 1 rings (SSSR count). The summed E-state index contributed by atoms with van der Waals surface area (Å²) in [4.78, 5) is 0. The van der Waals surface area contributed by atoms with Crippen molar-refractivity contribution in [2.45, 2.75) is 58.3 Å². The topological polar surface area (TPSA) is 35.2 Å². The van der Waals surface area contributed by atoms with Crippen LogP contribution in [0.2, 0.25) is 0 Å². The second-order valence-corrected chi connectivity index (χ2v) is 4.10. The summed E-state index contributed by atoms with van der Waals surface area (Å²) < 4.78 is 5.73. The molecule has 72 valence electrons. The van der Waals surface area contributed by atoms with Gasteiger partial charge in [0.2, 0.25) is 0 Å². The highest BCUT2D eigenvalue weighted by molar-refractivity contribution is 4.67. The minimum atomic E-state index is -0.0619. The molecule has 0 radical (unpaired) electrons. The van der Waals surface area contributed by atoms with Crippen LogP contribution in [-0.4, -0.2) is 12.3 Å². The molecule has 0 aromatic carbocycles. The van der Waals surface area contributed by atoms with Crippen LogP contribution < -0.4 is 5.73 Å². The largest absolute Gasteiger partial charge is 0.360 e. The van der Waals surface area contributed by atoms with Gasteiger partial charge in [0.05, 0.1) is 6.10 Å². The first kappa shape index (κ1) is 10.0. The summed E-state index contributed by atoms with van der Waals surface area (Å²) in [6.07, 6.45) is 6.80. The van der Waals surface area contributed by atoms with Crippen molar-refractivity contribution in [2.75, 3.05) is 0 Å². The lowest BCUT2D eigenvalue weighted by Crippen LogP contribution is -2.34. The van der Waals surface area contributed by atoms with Crippen molar-refractivity contribution in [1.29, 1.82) is 0 Å². The van der Waals surface area contributed by atoms with Gasteiger partial charge in [0.1, 0.15) is 6.23 Å². The molecule has 0 aliphatic heterocycles. The van der Waals surface area contributed by atoms with E-state index in [0.29, 0.717) is 12.0 Å². The Morgan fingerprint density at radius 3 is 2.25 bits per heavy atom. The van der Waals surface area contributed by atoms with Crippen LogP contribution in [0.5, 0.6) is 0 Å². The SMILES string of the molecule is CC(C)C(N)OC1CCCCC1. The monoisotopic (exact) mass is 171 g/mol. The Morgan fingerprint density at radius 2 is 1.75 bits per heavy atom. The Labute approximate surface area is 75.5 Å². The molecular formula is C10H21NO. The van der Waals surface area contributed by atoms with E-state index in [1.165, 1.54) is 32.1 Å². The lowest BCUT2D eigenvalue weighted by Gasteiger charge is -2.27. The van der Waals surface area contributed by atoms with Crippen molar-refractivity contribution in [3.05, 3.63) is 0 Å². The molecule has 1 unspecified atom stereocenters. The maximum Gasteiger partial charge on any atom is 0.108 e. The second-order valence-electron chi connectivity index (χ2n) is 4.10. The van der Waals surface area contributed by atoms with Crippen LogP contribution >= 0.6 is 0 Å². The molecule has 0 heterocycles. The molecule has 2 N–H and O–H groups in total. The highest BCUT2D eigenvalue weighted by Crippen LogP contribution is 2.21. The summed E-state index contributed by atoms with van der Waals surface area (Å²) in [5, 5.41) is 0. The van der Waals surface area contributed by atoms with Gasteiger partial charge in [-0.1, -0.05) is 33.1 Å².